The van der Waals surface area contributed by atoms with Crippen LogP contribution in [0.4, 0.5) is 9.18 Å². The number of hydrazone groups is 1. The van der Waals surface area contributed by atoms with Crippen molar-refractivity contribution in [2.45, 2.75) is 32.4 Å². The van der Waals surface area contributed by atoms with Gasteiger partial charge >= 0.3 is 6.03 Å². The van der Waals surface area contributed by atoms with E-state index in [2.05, 4.69) is 15.3 Å². The van der Waals surface area contributed by atoms with E-state index < -0.39 is 6.04 Å². The molecule has 0 spiro atoms. The zero-order valence-electron chi connectivity index (χ0n) is 21.2. The number of amides is 3. The zero-order chi connectivity index (χ0) is 26.4. The molecule has 0 unspecified atom stereocenters. The molecule has 2 aromatic carbocycles. The van der Waals surface area contributed by atoms with Crippen molar-refractivity contribution in [3.05, 3.63) is 70.5 Å². The number of rotatable bonds is 8. The lowest BCUT2D eigenvalue weighted by Gasteiger charge is -2.31. The van der Waals surface area contributed by atoms with Gasteiger partial charge in [-0.3, -0.25) is 9.69 Å². The first-order chi connectivity index (χ1) is 17.8. The average molecular weight is 530 g/mol. The summed E-state index contributed by atoms with van der Waals surface area (Å²) in [4.78, 5) is 30.4. The SMILES string of the molecule is CC(C)NC(=O)N(CCN1CCOCC1)CC(=O)N1N=C(c2ccc(F)cc2)C[C@H]1c1ccccc1Cl. The fraction of sp³-hybridized carbons (Fsp3) is 0.444. The number of carbonyl (C=O) groups is 2. The quantitative estimate of drug-likeness (QED) is 0.562. The largest absolute Gasteiger partial charge is 0.379 e. The van der Waals surface area contributed by atoms with Gasteiger partial charge < -0.3 is 15.0 Å². The number of halogens is 2. The molecule has 3 amide bonds. The molecule has 4 rings (SSSR count). The molecule has 2 aliphatic heterocycles. The number of carbonyl (C=O) groups excluding carboxylic acids is 2. The van der Waals surface area contributed by atoms with Crippen LogP contribution >= 0.6 is 11.6 Å². The molecular weight excluding hydrogens is 497 g/mol. The van der Waals surface area contributed by atoms with Crippen LogP contribution in [0.5, 0.6) is 0 Å². The molecule has 2 heterocycles. The van der Waals surface area contributed by atoms with E-state index in [1.54, 1.807) is 18.2 Å². The highest BCUT2D eigenvalue weighted by atomic mass is 35.5. The van der Waals surface area contributed by atoms with Crippen molar-refractivity contribution >= 4 is 29.3 Å². The van der Waals surface area contributed by atoms with Gasteiger partial charge in [0.15, 0.2) is 0 Å². The first-order valence-electron chi connectivity index (χ1n) is 12.6. The smallest absolute Gasteiger partial charge is 0.318 e. The molecule has 2 aromatic rings. The van der Waals surface area contributed by atoms with Crippen LogP contribution in [0.1, 0.15) is 37.4 Å². The van der Waals surface area contributed by atoms with Crippen LogP contribution in [0.25, 0.3) is 0 Å². The molecule has 2 aliphatic rings. The van der Waals surface area contributed by atoms with Crippen LogP contribution in [-0.2, 0) is 9.53 Å². The summed E-state index contributed by atoms with van der Waals surface area (Å²) in [6.45, 7) is 7.56. The van der Waals surface area contributed by atoms with E-state index in [0.717, 1.165) is 24.2 Å². The van der Waals surface area contributed by atoms with Crippen molar-refractivity contribution in [1.29, 1.82) is 0 Å². The van der Waals surface area contributed by atoms with Gasteiger partial charge in [0.1, 0.15) is 12.4 Å². The Morgan fingerprint density at radius 1 is 1.16 bits per heavy atom. The van der Waals surface area contributed by atoms with Gasteiger partial charge in [0.25, 0.3) is 5.91 Å². The summed E-state index contributed by atoms with van der Waals surface area (Å²) in [5, 5.41) is 9.49. The summed E-state index contributed by atoms with van der Waals surface area (Å²) in [7, 11) is 0. The molecule has 198 valence electrons. The molecule has 0 aromatic heterocycles. The summed E-state index contributed by atoms with van der Waals surface area (Å²) < 4.78 is 18.9. The Morgan fingerprint density at radius 3 is 2.54 bits per heavy atom. The highest BCUT2D eigenvalue weighted by Crippen LogP contribution is 2.36. The average Bonchev–Trinajstić information content (AvgIpc) is 3.32. The van der Waals surface area contributed by atoms with Crippen molar-refractivity contribution in [3.63, 3.8) is 0 Å². The van der Waals surface area contributed by atoms with Crippen LogP contribution < -0.4 is 5.32 Å². The summed E-state index contributed by atoms with van der Waals surface area (Å²) in [5.74, 6) is -0.659. The predicted octanol–water partition coefficient (Wildman–Crippen LogP) is 3.91. The van der Waals surface area contributed by atoms with Gasteiger partial charge in [-0.25, -0.2) is 14.2 Å². The van der Waals surface area contributed by atoms with Crippen LogP contribution in [0, 0.1) is 5.82 Å². The molecule has 10 heteroatoms. The highest BCUT2D eigenvalue weighted by molar-refractivity contribution is 6.31. The van der Waals surface area contributed by atoms with Crippen LogP contribution in [-0.4, -0.2) is 84.4 Å². The first-order valence-corrected chi connectivity index (χ1v) is 12.9. The summed E-state index contributed by atoms with van der Waals surface area (Å²) in [6.07, 6.45) is 0.424. The van der Waals surface area contributed by atoms with Gasteiger partial charge in [0, 0.05) is 43.7 Å². The molecule has 1 saturated heterocycles. The standard InChI is InChI=1S/C27H33ClFN5O3/c1-19(2)30-27(36)33(12-11-32-13-15-37-16-14-32)18-26(35)34-25(22-5-3-4-6-23(22)28)17-24(31-34)20-7-9-21(29)10-8-20/h3-10,19,25H,11-18H2,1-2H3,(H,30,36)/t25-/m0/s1. The third-order valence-electron chi connectivity index (χ3n) is 6.42. The minimum Gasteiger partial charge on any atom is -0.379 e. The van der Waals surface area contributed by atoms with Gasteiger partial charge in [-0.2, -0.15) is 5.10 Å². The van der Waals surface area contributed by atoms with Gasteiger partial charge in [-0.15, -0.1) is 0 Å². The van der Waals surface area contributed by atoms with E-state index in [-0.39, 0.29) is 30.3 Å². The van der Waals surface area contributed by atoms with Crippen molar-refractivity contribution in [1.82, 2.24) is 20.1 Å². The number of nitrogens with one attached hydrogen (secondary N) is 1. The molecule has 1 fully saturated rings. The van der Waals surface area contributed by atoms with Gasteiger partial charge in [0.2, 0.25) is 0 Å². The Balaban J connectivity index is 1.56. The lowest BCUT2D eigenvalue weighted by Crippen LogP contribution is -2.50. The Labute approximate surface area is 222 Å². The number of urea groups is 1. The molecule has 1 N–H and O–H groups in total. The maximum Gasteiger partial charge on any atom is 0.318 e. The van der Waals surface area contributed by atoms with Crippen LogP contribution in [0.15, 0.2) is 53.6 Å². The fourth-order valence-corrected chi connectivity index (χ4v) is 4.72. The lowest BCUT2D eigenvalue weighted by atomic mass is 9.98. The summed E-state index contributed by atoms with van der Waals surface area (Å²) in [6, 6.07) is 12.6. The lowest BCUT2D eigenvalue weighted by molar-refractivity contribution is -0.133. The fourth-order valence-electron chi connectivity index (χ4n) is 4.46. The molecule has 0 saturated carbocycles. The van der Waals surface area contributed by atoms with Gasteiger partial charge in [-0.1, -0.05) is 41.9 Å². The molecule has 0 radical (unpaired) electrons. The molecule has 0 bridgehead atoms. The minimum atomic E-state index is -0.435. The van der Waals surface area contributed by atoms with E-state index in [9.17, 15) is 14.0 Å². The monoisotopic (exact) mass is 529 g/mol. The topological polar surface area (TPSA) is 77.5 Å². The minimum absolute atomic E-state index is 0.0701. The summed E-state index contributed by atoms with van der Waals surface area (Å²) >= 11 is 6.51. The van der Waals surface area contributed by atoms with E-state index in [1.807, 2.05) is 32.0 Å². The molecule has 8 nitrogen and oxygen atoms in total. The van der Waals surface area contributed by atoms with E-state index in [0.29, 0.717) is 43.5 Å². The third-order valence-corrected chi connectivity index (χ3v) is 6.77. The molecule has 1 atom stereocenters. The Morgan fingerprint density at radius 2 is 1.86 bits per heavy atom. The number of nitrogens with zero attached hydrogens (tertiary/aromatic N) is 4. The van der Waals surface area contributed by atoms with Crippen molar-refractivity contribution < 1.29 is 18.7 Å². The van der Waals surface area contributed by atoms with E-state index in [4.69, 9.17) is 16.3 Å². The van der Waals surface area contributed by atoms with E-state index >= 15 is 0 Å². The van der Waals surface area contributed by atoms with Crippen LogP contribution in [0.2, 0.25) is 5.02 Å². The Hall–Kier alpha value is -3.01. The number of ether oxygens (including phenoxy) is 1. The normalized spacial score (nSPS) is 18.1. The molecule has 0 aliphatic carbocycles. The number of benzene rings is 2. The Bertz CT molecular complexity index is 1120. The van der Waals surface area contributed by atoms with Crippen molar-refractivity contribution in [2.75, 3.05) is 45.9 Å². The maximum absolute atomic E-state index is 13.7. The zero-order valence-corrected chi connectivity index (χ0v) is 22.0. The van der Waals surface area contributed by atoms with Crippen LogP contribution in [0.3, 0.4) is 0 Å². The number of hydrogen-bond acceptors (Lipinski definition) is 5. The summed E-state index contributed by atoms with van der Waals surface area (Å²) in [5.41, 5.74) is 2.16. The second kappa shape index (κ2) is 12.5. The molecule has 37 heavy (non-hydrogen) atoms. The van der Waals surface area contributed by atoms with Gasteiger partial charge in [-0.05, 0) is 43.2 Å². The second-order valence-electron chi connectivity index (χ2n) is 9.51. The Kier molecular flexibility index (Phi) is 9.13. The molecular formula is C27H33ClFN5O3. The number of morpholine rings is 1. The second-order valence-corrected chi connectivity index (χ2v) is 9.92. The van der Waals surface area contributed by atoms with Crippen molar-refractivity contribution in [2.24, 2.45) is 5.10 Å². The third kappa shape index (κ3) is 7.06. The first kappa shape index (κ1) is 27.0. The van der Waals surface area contributed by atoms with Crippen molar-refractivity contribution in [3.8, 4) is 0 Å². The number of hydrogen-bond donors (Lipinski definition) is 1. The maximum atomic E-state index is 13.7. The van der Waals surface area contributed by atoms with E-state index in [1.165, 1.54) is 22.0 Å². The highest BCUT2D eigenvalue weighted by Gasteiger charge is 2.35. The predicted molar refractivity (Wildman–Crippen MR) is 141 cm³/mol. The van der Waals surface area contributed by atoms with Gasteiger partial charge in [0.05, 0.1) is 25.0 Å².